The van der Waals surface area contributed by atoms with E-state index in [1.165, 1.54) is 25.7 Å². The van der Waals surface area contributed by atoms with Crippen molar-refractivity contribution in [2.45, 2.75) is 31.7 Å². The number of hydrogen-bond donors (Lipinski definition) is 1. The second-order valence-corrected chi connectivity index (χ2v) is 4.94. The fourth-order valence-electron chi connectivity index (χ4n) is 3.03. The van der Waals surface area contributed by atoms with Gasteiger partial charge in [0, 0.05) is 6.04 Å². The van der Waals surface area contributed by atoms with Gasteiger partial charge >= 0.3 is 5.97 Å². The molecule has 1 heterocycles. The molecule has 0 spiro atoms. The first-order valence-corrected chi connectivity index (χ1v) is 6.53. The van der Waals surface area contributed by atoms with E-state index in [-0.39, 0.29) is 5.56 Å². The van der Waals surface area contributed by atoms with Gasteiger partial charge in [0.15, 0.2) is 5.75 Å². The summed E-state index contributed by atoms with van der Waals surface area (Å²) in [6, 6.07) is 5.94. The minimum Gasteiger partial charge on any atom is -0.489 e. The molecule has 1 N–H and O–H groups in total. The molecule has 1 aromatic carbocycles. The SMILES string of the molecule is O=C(O)c1cccc2c1OCCN2C1CCCC1. The van der Waals surface area contributed by atoms with Crippen LogP contribution >= 0.6 is 0 Å². The maximum atomic E-state index is 11.2. The van der Waals surface area contributed by atoms with Crippen LogP contribution in [0.1, 0.15) is 36.0 Å². The predicted molar refractivity (Wildman–Crippen MR) is 68.5 cm³/mol. The van der Waals surface area contributed by atoms with Crippen LogP contribution in [0.3, 0.4) is 0 Å². The molecule has 0 amide bonds. The molecular formula is C14H17NO3. The molecular weight excluding hydrogens is 230 g/mol. The van der Waals surface area contributed by atoms with Crippen LogP contribution in [-0.2, 0) is 0 Å². The van der Waals surface area contributed by atoms with Crippen LogP contribution < -0.4 is 9.64 Å². The molecule has 3 rings (SSSR count). The Balaban J connectivity index is 2.00. The van der Waals surface area contributed by atoms with Gasteiger partial charge in [-0.25, -0.2) is 4.79 Å². The number of anilines is 1. The first-order valence-electron chi connectivity index (χ1n) is 6.53. The third-order valence-corrected chi connectivity index (χ3v) is 3.88. The number of para-hydroxylation sites is 1. The molecule has 1 aliphatic carbocycles. The molecule has 1 saturated carbocycles. The first kappa shape index (κ1) is 11.4. The average Bonchev–Trinajstić information content (AvgIpc) is 2.91. The third kappa shape index (κ3) is 1.82. The normalized spacial score (nSPS) is 19.4. The van der Waals surface area contributed by atoms with Crippen molar-refractivity contribution in [1.82, 2.24) is 0 Å². The Hall–Kier alpha value is -1.71. The average molecular weight is 247 g/mol. The number of rotatable bonds is 2. The third-order valence-electron chi connectivity index (χ3n) is 3.88. The van der Waals surface area contributed by atoms with E-state index in [2.05, 4.69) is 4.90 Å². The van der Waals surface area contributed by atoms with Crippen molar-refractivity contribution in [3.05, 3.63) is 23.8 Å². The summed E-state index contributed by atoms with van der Waals surface area (Å²) in [6.45, 7) is 1.44. The smallest absolute Gasteiger partial charge is 0.339 e. The summed E-state index contributed by atoms with van der Waals surface area (Å²) in [6.07, 6.45) is 4.96. The maximum Gasteiger partial charge on any atom is 0.339 e. The van der Waals surface area contributed by atoms with Crippen molar-refractivity contribution in [1.29, 1.82) is 0 Å². The minimum atomic E-state index is -0.917. The molecule has 18 heavy (non-hydrogen) atoms. The summed E-state index contributed by atoms with van der Waals surface area (Å²) in [5, 5.41) is 9.19. The zero-order valence-electron chi connectivity index (χ0n) is 10.3. The summed E-state index contributed by atoms with van der Waals surface area (Å²) in [4.78, 5) is 13.5. The molecule has 0 aromatic heterocycles. The highest BCUT2D eigenvalue weighted by Crippen LogP contribution is 2.38. The van der Waals surface area contributed by atoms with Gasteiger partial charge in [-0.15, -0.1) is 0 Å². The zero-order chi connectivity index (χ0) is 12.5. The summed E-state index contributed by atoms with van der Waals surface area (Å²) >= 11 is 0. The van der Waals surface area contributed by atoms with Crippen LogP contribution in [-0.4, -0.2) is 30.3 Å². The van der Waals surface area contributed by atoms with Gasteiger partial charge in [-0.1, -0.05) is 18.9 Å². The number of hydrogen-bond acceptors (Lipinski definition) is 3. The Morgan fingerprint density at radius 1 is 1.33 bits per heavy atom. The number of aromatic carboxylic acids is 1. The van der Waals surface area contributed by atoms with Gasteiger partial charge < -0.3 is 14.7 Å². The Morgan fingerprint density at radius 2 is 2.11 bits per heavy atom. The lowest BCUT2D eigenvalue weighted by Gasteiger charge is -2.36. The van der Waals surface area contributed by atoms with Gasteiger partial charge in [-0.05, 0) is 25.0 Å². The first-order chi connectivity index (χ1) is 8.77. The van der Waals surface area contributed by atoms with E-state index in [9.17, 15) is 9.90 Å². The molecule has 0 saturated heterocycles. The fraction of sp³-hybridized carbons (Fsp3) is 0.500. The van der Waals surface area contributed by atoms with Crippen molar-refractivity contribution >= 4 is 11.7 Å². The number of benzene rings is 1. The number of fused-ring (bicyclic) bond motifs is 1. The van der Waals surface area contributed by atoms with Crippen LogP contribution in [0.5, 0.6) is 5.75 Å². The molecule has 1 fully saturated rings. The van der Waals surface area contributed by atoms with Gasteiger partial charge in [-0.3, -0.25) is 0 Å². The Labute approximate surface area is 106 Å². The molecule has 2 aliphatic rings. The largest absolute Gasteiger partial charge is 0.489 e. The second-order valence-electron chi connectivity index (χ2n) is 4.94. The highest BCUT2D eigenvalue weighted by Gasteiger charge is 2.29. The summed E-state index contributed by atoms with van der Waals surface area (Å²) in [5.74, 6) is -0.372. The standard InChI is InChI=1S/C14H17NO3/c16-14(17)11-6-3-7-12-13(11)18-9-8-15(12)10-4-1-2-5-10/h3,6-7,10H,1-2,4-5,8-9H2,(H,16,17). The van der Waals surface area contributed by atoms with Gasteiger partial charge in [-0.2, -0.15) is 0 Å². The summed E-state index contributed by atoms with van der Waals surface area (Å²) in [7, 11) is 0. The highest BCUT2D eigenvalue weighted by molar-refractivity contribution is 5.93. The second kappa shape index (κ2) is 4.52. The molecule has 1 aromatic rings. The molecule has 4 nitrogen and oxygen atoms in total. The number of carboxylic acid groups (broad SMARTS) is 1. The van der Waals surface area contributed by atoms with Crippen LogP contribution in [0.2, 0.25) is 0 Å². The Kier molecular flexibility index (Phi) is 2.86. The predicted octanol–water partition coefficient (Wildman–Crippen LogP) is 2.53. The molecule has 96 valence electrons. The van der Waals surface area contributed by atoms with E-state index < -0.39 is 5.97 Å². The van der Waals surface area contributed by atoms with Crippen molar-refractivity contribution in [3.8, 4) is 5.75 Å². The van der Waals surface area contributed by atoms with Crippen LogP contribution in [0.4, 0.5) is 5.69 Å². The summed E-state index contributed by atoms with van der Waals surface area (Å²) in [5.41, 5.74) is 1.23. The van der Waals surface area contributed by atoms with Gasteiger partial charge in [0.25, 0.3) is 0 Å². The number of ether oxygens (including phenoxy) is 1. The molecule has 4 heteroatoms. The van der Waals surface area contributed by atoms with E-state index in [0.29, 0.717) is 18.4 Å². The van der Waals surface area contributed by atoms with Crippen molar-refractivity contribution in [3.63, 3.8) is 0 Å². The Morgan fingerprint density at radius 3 is 2.83 bits per heavy atom. The lowest BCUT2D eigenvalue weighted by molar-refractivity contribution is 0.0692. The fourth-order valence-corrected chi connectivity index (χ4v) is 3.03. The van der Waals surface area contributed by atoms with E-state index in [1.54, 1.807) is 12.1 Å². The van der Waals surface area contributed by atoms with Crippen LogP contribution in [0, 0.1) is 0 Å². The van der Waals surface area contributed by atoms with E-state index in [0.717, 1.165) is 12.2 Å². The van der Waals surface area contributed by atoms with Gasteiger partial charge in [0.2, 0.25) is 0 Å². The number of nitrogens with zero attached hydrogens (tertiary/aromatic N) is 1. The molecule has 0 radical (unpaired) electrons. The highest BCUT2D eigenvalue weighted by atomic mass is 16.5. The molecule has 0 atom stereocenters. The number of carbonyl (C=O) groups is 1. The monoisotopic (exact) mass is 247 g/mol. The maximum absolute atomic E-state index is 11.2. The molecule has 1 aliphatic heterocycles. The lowest BCUT2D eigenvalue weighted by Crippen LogP contribution is -2.40. The Bertz CT molecular complexity index is 466. The van der Waals surface area contributed by atoms with Gasteiger partial charge in [0.1, 0.15) is 12.2 Å². The van der Waals surface area contributed by atoms with Crippen molar-refractivity contribution in [2.75, 3.05) is 18.1 Å². The van der Waals surface area contributed by atoms with E-state index in [4.69, 9.17) is 4.74 Å². The topological polar surface area (TPSA) is 49.8 Å². The molecule has 0 bridgehead atoms. The lowest BCUT2D eigenvalue weighted by atomic mass is 10.1. The molecule has 0 unspecified atom stereocenters. The number of carboxylic acids is 1. The van der Waals surface area contributed by atoms with Gasteiger partial charge in [0.05, 0.1) is 12.2 Å². The summed E-state index contributed by atoms with van der Waals surface area (Å²) < 4.78 is 5.58. The van der Waals surface area contributed by atoms with E-state index >= 15 is 0 Å². The quantitative estimate of drug-likeness (QED) is 0.872. The van der Waals surface area contributed by atoms with Crippen LogP contribution in [0.15, 0.2) is 18.2 Å². The van der Waals surface area contributed by atoms with Crippen LogP contribution in [0.25, 0.3) is 0 Å². The van der Waals surface area contributed by atoms with Crippen molar-refractivity contribution in [2.24, 2.45) is 0 Å². The minimum absolute atomic E-state index is 0.273. The van der Waals surface area contributed by atoms with E-state index in [1.807, 2.05) is 6.07 Å². The zero-order valence-corrected chi connectivity index (χ0v) is 10.3. The van der Waals surface area contributed by atoms with Crippen molar-refractivity contribution < 1.29 is 14.6 Å².